The van der Waals surface area contributed by atoms with Crippen LogP contribution in [0.5, 0.6) is 0 Å². The largest absolute Gasteiger partial charge is 0.492 e. The Bertz CT molecular complexity index is 451. The molecule has 0 bridgehead atoms. The first kappa shape index (κ1) is 15.8. The maximum absolute atomic E-state index is 13.1. The van der Waals surface area contributed by atoms with Crippen LogP contribution in [-0.4, -0.2) is 29.7 Å². The van der Waals surface area contributed by atoms with E-state index >= 15 is 0 Å². The van der Waals surface area contributed by atoms with Crippen molar-refractivity contribution in [1.82, 2.24) is 0 Å². The third kappa shape index (κ3) is 3.86. The van der Waals surface area contributed by atoms with E-state index in [0.717, 1.165) is 0 Å². The molecular formula is C9H10F5NO3Si. The highest BCUT2D eigenvalue weighted by Crippen LogP contribution is 2.27. The number of anilines is 1. The predicted octanol–water partition coefficient (Wildman–Crippen LogP) is 1.10. The van der Waals surface area contributed by atoms with Crippen LogP contribution in [0.25, 0.3) is 0 Å². The van der Waals surface area contributed by atoms with Crippen LogP contribution in [0.15, 0.2) is 0 Å². The molecule has 4 N–H and O–H groups in total. The van der Waals surface area contributed by atoms with Crippen molar-refractivity contribution >= 4 is 14.5 Å². The molecule has 0 spiro atoms. The maximum atomic E-state index is 13.1. The zero-order chi connectivity index (χ0) is 14.8. The molecule has 10 heteroatoms. The van der Waals surface area contributed by atoms with Crippen LogP contribution in [0.4, 0.5) is 27.6 Å². The SMILES string of the molecule is O[Si](O)(O)CCCNc1c(F)c(F)c(F)c(F)c1F. The summed E-state index contributed by atoms with van der Waals surface area (Å²) in [5.74, 6) is -10.4. The van der Waals surface area contributed by atoms with Gasteiger partial charge in [0, 0.05) is 12.6 Å². The van der Waals surface area contributed by atoms with Gasteiger partial charge in [0.25, 0.3) is 0 Å². The van der Waals surface area contributed by atoms with Crippen LogP contribution in [0, 0.1) is 29.1 Å². The fourth-order valence-electron chi connectivity index (χ4n) is 1.30. The minimum absolute atomic E-state index is 0.130. The van der Waals surface area contributed by atoms with Crippen LogP contribution in [0.1, 0.15) is 6.42 Å². The molecule has 0 saturated carbocycles. The average Bonchev–Trinajstić information content (AvgIpc) is 2.32. The smallest absolute Gasteiger partial charge is 0.390 e. The molecule has 19 heavy (non-hydrogen) atoms. The lowest BCUT2D eigenvalue weighted by atomic mass is 10.2. The van der Waals surface area contributed by atoms with Crippen molar-refractivity contribution in [3.05, 3.63) is 29.1 Å². The first-order valence-corrected chi connectivity index (χ1v) is 7.12. The molecule has 1 aromatic carbocycles. The second-order valence-electron chi connectivity index (χ2n) is 3.75. The van der Waals surface area contributed by atoms with Gasteiger partial charge in [-0.15, -0.1) is 0 Å². The van der Waals surface area contributed by atoms with E-state index in [0.29, 0.717) is 0 Å². The molecule has 0 radical (unpaired) electrons. The van der Waals surface area contributed by atoms with Crippen LogP contribution < -0.4 is 5.32 Å². The molecule has 108 valence electrons. The number of rotatable bonds is 5. The molecule has 0 heterocycles. The number of benzene rings is 1. The Morgan fingerprint density at radius 2 is 1.21 bits per heavy atom. The Morgan fingerprint density at radius 3 is 1.63 bits per heavy atom. The van der Waals surface area contributed by atoms with Crippen molar-refractivity contribution in [3.8, 4) is 0 Å². The molecule has 0 atom stereocenters. The van der Waals surface area contributed by atoms with E-state index in [4.69, 9.17) is 14.4 Å². The molecule has 0 aromatic heterocycles. The molecule has 0 saturated heterocycles. The fourth-order valence-corrected chi connectivity index (χ4v) is 1.95. The van der Waals surface area contributed by atoms with Gasteiger partial charge in [-0.1, -0.05) is 0 Å². The Morgan fingerprint density at radius 1 is 0.789 bits per heavy atom. The van der Waals surface area contributed by atoms with Gasteiger partial charge in [-0.2, -0.15) is 0 Å². The standard InChI is InChI=1S/C9H10F5NO3Si/c10-4-5(11)7(13)9(8(14)6(4)12)15-2-1-3-19(16,17)18/h15-18H,1-3H2. The molecule has 1 rings (SSSR count). The summed E-state index contributed by atoms with van der Waals surface area (Å²) in [6.07, 6.45) is -0.130. The van der Waals surface area contributed by atoms with Crippen molar-refractivity contribution < 1.29 is 36.3 Å². The van der Waals surface area contributed by atoms with E-state index in [1.54, 1.807) is 0 Å². The van der Waals surface area contributed by atoms with E-state index < -0.39 is 49.6 Å². The van der Waals surface area contributed by atoms with Crippen LogP contribution in [0.3, 0.4) is 0 Å². The van der Waals surface area contributed by atoms with Gasteiger partial charge >= 0.3 is 8.80 Å². The second kappa shape index (κ2) is 5.82. The van der Waals surface area contributed by atoms with E-state index in [-0.39, 0.29) is 13.0 Å². The monoisotopic (exact) mass is 303 g/mol. The number of halogens is 5. The molecule has 4 nitrogen and oxygen atoms in total. The highest BCUT2D eigenvalue weighted by atomic mass is 28.4. The first-order chi connectivity index (χ1) is 8.65. The summed E-state index contributed by atoms with van der Waals surface area (Å²) < 4.78 is 64.5. The minimum atomic E-state index is -4.29. The van der Waals surface area contributed by atoms with Gasteiger partial charge in [-0.25, -0.2) is 22.0 Å². The second-order valence-corrected chi connectivity index (χ2v) is 5.80. The lowest BCUT2D eigenvalue weighted by Crippen LogP contribution is -2.34. The van der Waals surface area contributed by atoms with Crippen molar-refractivity contribution in [1.29, 1.82) is 0 Å². The molecule has 0 fully saturated rings. The highest BCUT2D eigenvalue weighted by Gasteiger charge is 2.27. The summed E-state index contributed by atoms with van der Waals surface area (Å²) in [4.78, 5) is 26.0. The topological polar surface area (TPSA) is 72.7 Å². The van der Waals surface area contributed by atoms with Crippen LogP contribution in [-0.2, 0) is 0 Å². The van der Waals surface area contributed by atoms with Gasteiger partial charge in [-0.3, -0.25) is 0 Å². The van der Waals surface area contributed by atoms with Crippen LogP contribution in [0.2, 0.25) is 6.04 Å². The van der Waals surface area contributed by atoms with Gasteiger partial charge in [0.05, 0.1) is 0 Å². The van der Waals surface area contributed by atoms with E-state index in [1.165, 1.54) is 0 Å². The third-order valence-corrected chi connectivity index (χ3v) is 3.22. The summed E-state index contributed by atoms with van der Waals surface area (Å²) >= 11 is 0. The summed E-state index contributed by atoms with van der Waals surface area (Å²) in [6, 6.07) is -0.435. The summed E-state index contributed by atoms with van der Waals surface area (Å²) in [7, 11) is -4.29. The van der Waals surface area contributed by atoms with Gasteiger partial charge < -0.3 is 19.7 Å². The van der Waals surface area contributed by atoms with Gasteiger partial charge in [-0.05, 0) is 6.42 Å². The lowest BCUT2D eigenvalue weighted by molar-refractivity contribution is 0.227. The van der Waals surface area contributed by atoms with Gasteiger partial charge in [0.15, 0.2) is 23.3 Å². The van der Waals surface area contributed by atoms with Crippen molar-refractivity contribution in [2.75, 3.05) is 11.9 Å². The quantitative estimate of drug-likeness (QED) is 0.216. The molecule has 1 aromatic rings. The Kier molecular flexibility index (Phi) is 4.84. The molecular weight excluding hydrogens is 293 g/mol. The summed E-state index contributed by atoms with van der Waals surface area (Å²) in [5.41, 5.74) is -1.20. The molecule has 0 amide bonds. The fraction of sp³-hybridized carbons (Fsp3) is 0.333. The molecule has 0 aliphatic rings. The molecule has 0 aliphatic carbocycles. The Balaban J connectivity index is 2.80. The Hall–Kier alpha value is -1.23. The number of nitrogens with one attached hydrogen (secondary N) is 1. The molecule has 0 unspecified atom stereocenters. The zero-order valence-electron chi connectivity index (χ0n) is 9.35. The van der Waals surface area contributed by atoms with E-state index in [2.05, 4.69) is 0 Å². The Labute approximate surface area is 105 Å². The van der Waals surface area contributed by atoms with Gasteiger partial charge in [0.2, 0.25) is 5.82 Å². The maximum Gasteiger partial charge on any atom is 0.492 e. The molecule has 0 aliphatic heterocycles. The number of hydrogen-bond donors (Lipinski definition) is 4. The normalized spacial score (nSPS) is 11.8. The minimum Gasteiger partial charge on any atom is -0.390 e. The average molecular weight is 303 g/mol. The highest BCUT2D eigenvalue weighted by molar-refractivity contribution is 6.56. The first-order valence-electron chi connectivity index (χ1n) is 5.07. The predicted molar refractivity (Wildman–Crippen MR) is 56.6 cm³/mol. The lowest BCUT2D eigenvalue weighted by Gasteiger charge is -2.12. The summed E-state index contributed by atoms with van der Waals surface area (Å²) in [6.45, 7) is -0.311. The van der Waals surface area contributed by atoms with Crippen LogP contribution >= 0.6 is 0 Å². The van der Waals surface area contributed by atoms with Crippen molar-refractivity contribution in [3.63, 3.8) is 0 Å². The third-order valence-electron chi connectivity index (χ3n) is 2.20. The van der Waals surface area contributed by atoms with Gasteiger partial charge in [0.1, 0.15) is 5.69 Å². The summed E-state index contributed by atoms with van der Waals surface area (Å²) in [5, 5.41) is 1.95. The zero-order valence-corrected chi connectivity index (χ0v) is 10.4. The van der Waals surface area contributed by atoms with Crippen molar-refractivity contribution in [2.45, 2.75) is 12.5 Å². The van der Waals surface area contributed by atoms with E-state index in [9.17, 15) is 22.0 Å². The van der Waals surface area contributed by atoms with Crippen molar-refractivity contribution in [2.24, 2.45) is 0 Å². The number of hydrogen-bond acceptors (Lipinski definition) is 4. The van der Waals surface area contributed by atoms with E-state index in [1.807, 2.05) is 5.32 Å².